The first-order valence-electron chi connectivity index (χ1n) is 5.83. The molecule has 0 aromatic heterocycles. The maximum absolute atomic E-state index is 11.3. The van der Waals surface area contributed by atoms with Gasteiger partial charge in [-0.25, -0.2) is 0 Å². The Hall–Kier alpha value is -2.00. The molecule has 0 heterocycles. The number of rotatable bonds is 5. The monoisotopic (exact) mass is 276 g/mol. The highest BCUT2D eigenvalue weighted by atomic mass is 35.5. The van der Waals surface area contributed by atoms with E-state index < -0.39 is 11.9 Å². The summed E-state index contributed by atoms with van der Waals surface area (Å²) < 4.78 is 5.50. The third-order valence-electron chi connectivity index (χ3n) is 2.71. The van der Waals surface area contributed by atoms with Crippen LogP contribution in [0, 0.1) is 0 Å². The zero-order valence-corrected chi connectivity index (χ0v) is 10.9. The van der Waals surface area contributed by atoms with Crippen LogP contribution < -0.4 is 4.74 Å². The zero-order valence-electron chi connectivity index (χ0n) is 10.1. The van der Waals surface area contributed by atoms with Crippen molar-refractivity contribution in [1.29, 1.82) is 0 Å². The first-order valence-corrected chi connectivity index (χ1v) is 6.21. The van der Waals surface area contributed by atoms with Crippen LogP contribution in [0.25, 0.3) is 0 Å². The van der Waals surface area contributed by atoms with Crippen LogP contribution in [0.2, 0.25) is 5.02 Å². The first kappa shape index (κ1) is 13.4. The summed E-state index contributed by atoms with van der Waals surface area (Å²) in [6, 6.07) is 16.0. The van der Waals surface area contributed by atoms with Crippen molar-refractivity contribution in [3.05, 3.63) is 65.2 Å². The van der Waals surface area contributed by atoms with Gasteiger partial charge in [-0.2, -0.15) is 0 Å². The average molecular weight is 277 g/mol. The van der Waals surface area contributed by atoms with Gasteiger partial charge in [-0.1, -0.05) is 41.9 Å². The van der Waals surface area contributed by atoms with Gasteiger partial charge in [-0.3, -0.25) is 4.79 Å². The van der Waals surface area contributed by atoms with Crippen LogP contribution in [-0.4, -0.2) is 17.7 Å². The molecule has 0 fully saturated rings. The molecule has 0 amide bonds. The van der Waals surface area contributed by atoms with Crippen molar-refractivity contribution in [2.45, 2.75) is 5.92 Å². The molecule has 0 spiro atoms. The van der Waals surface area contributed by atoms with Crippen molar-refractivity contribution in [3.8, 4) is 5.75 Å². The van der Waals surface area contributed by atoms with E-state index in [0.29, 0.717) is 16.3 Å². The molecule has 0 radical (unpaired) electrons. The van der Waals surface area contributed by atoms with Crippen LogP contribution in [0.4, 0.5) is 0 Å². The highest BCUT2D eigenvalue weighted by Gasteiger charge is 2.21. The molecule has 0 saturated heterocycles. The van der Waals surface area contributed by atoms with Crippen molar-refractivity contribution in [2.24, 2.45) is 0 Å². The number of carboxylic acids is 1. The van der Waals surface area contributed by atoms with Crippen LogP contribution >= 0.6 is 11.6 Å². The lowest BCUT2D eigenvalue weighted by molar-refractivity contribution is -0.139. The van der Waals surface area contributed by atoms with Gasteiger partial charge < -0.3 is 9.84 Å². The lowest BCUT2D eigenvalue weighted by atomic mass is 10.0. The Bertz CT molecular complexity index is 554. The van der Waals surface area contributed by atoms with Crippen molar-refractivity contribution >= 4 is 17.6 Å². The lowest BCUT2D eigenvalue weighted by Gasteiger charge is -2.14. The molecule has 2 aromatic carbocycles. The number of hydrogen-bond donors (Lipinski definition) is 1. The van der Waals surface area contributed by atoms with E-state index in [0.717, 1.165) is 0 Å². The molecule has 0 aliphatic rings. The van der Waals surface area contributed by atoms with E-state index >= 15 is 0 Å². The van der Waals surface area contributed by atoms with E-state index in [-0.39, 0.29) is 6.61 Å². The second kappa shape index (κ2) is 6.25. The number of carboxylic acid groups (broad SMARTS) is 1. The van der Waals surface area contributed by atoms with E-state index in [1.807, 2.05) is 18.2 Å². The minimum absolute atomic E-state index is 0.0691. The van der Waals surface area contributed by atoms with Crippen LogP contribution in [0.3, 0.4) is 0 Å². The predicted octanol–water partition coefficient (Wildman–Crippen LogP) is 3.59. The van der Waals surface area contributed by atoms with Crippen molar-refractivity contribution in [1.82, 2.24) is 0 Å². The fourth-order valence-electron chi connectivity index (χ4n) is 1.73. The van der Waals surface area contributed by atoms with Gasteiger partial charge in [0.1, 0.15) is 18.3 Å². The van der Waals surface area contributed by atoms with Crippen LogP contribution in [0.15, 0.2) is 54.6 Å². The Kier molecular flexibility index (Phi) is 4.42. The molecule has 4 heteroatoms. The molecule has 2 rings (SSSR count). The predicted molar refractivity (Wildman–Crippen MR) is 73.8 cm³/mol. The number of aliphatic carboxylic acids is 1. The summed E-state index contributed by atoms with van der Waals surface area (Å²) in [5.41, 5.74) is 0.635. The van der Waals surface area contributed by atoms with Gasteiger partial charge in [0.15, 0.2) is 0 Å². The van der Waals surface area contributed by atoms with E-state index in [1.54, 1.807) is 36.4 Å². The van der Waals surface area contributed by atoms with Crippen molar-refractivity contribution in [3.63, 3.8) is 0 Å². The minimum Gasteiger partial charge on any atom is -0.492 e. The van der Waals surface area contributed by atoms with Crippen molar-refractivity contribution < 1.29 is 14.6 Å². The fourth-order valence-corrected chi connectivity index (χ4v) is 1.93. The summed E-state index contributed by atoms with van der Waals surface area (Å²) in [7, 11) is 0. The molecule has 1 unspecified atom stereocenters. The quantitative estimate of drug-likeness (QED) is 0.908. The number of halogens is 1. The van der Waals surface area contributed by atoms with Gasteiger partial charge in [0.05, 0.1) is 0 Å². The SMILES string of the molecule is O=C(O)C(COc1ccccc1)c1cccc(Cl)c1. The van der Waals surface area contributed by atoms with E-state index in [4.69, 9.17) is 16.3 Å². The van der Waals surface area contributed by atoms with Gasteiger partial charge >= 0.3 is 5.97 Å². The standard InChI is InChI=1S/C15H13ClO3/c16-12-6-4-5-11(9-12)14(15(17)18)10-19-13-7-2-1-3-8-13/h1-9,14H,10H2,(H,17,18). The molecule has 1 N–H and O–H groups in total. The molecule has 98 valence electrons. The maximum Gasteiger partial charge on any atom is 0.314 e. The Labute approximate surface area is 116 Å². The van der Waals surface area contributed by atoms with Gasteiger partial charge in [-0.05, 0) is 29.8 Å². The van der Waals surface area contributed by atoms with Crippen LogP contribution in [0.5, 0.6) is 5.75 Å². The molecule has 0 aliphatic heterocycles. The van der Waals surface area contributed by atoms with Crippen molar-refractivity contribution in [2.75, 3.05) is 6.61 Å². The van der Waals surface area contributed by atoms with Gasteiger partial charge in [0.25, 0.3) is 0 Å². The molecule has 1 atom stereocenters. The summed E-state index contributed by atoms with van der Waals surface area (Å²) in [6.07, 6.45) is 0. The molecule has 19 heavy (non-hydrogen) atoms. The highest BCUT2D eigenvalue weighted by molar-refractivity contribution is 6.30. The Morgan fingerprint density at radius 3 is 2.53 bits per heavy atom. The first-order chi connectivity index (χ1) is 9.16. The summed E-state index contributed by atoms with van der Waals surface area (Å²) in [6.45, 7) is 0.0691. The third-order valence-corrected chi connectivity index (χ3v) is 2.94. The molecular formula is C15H13ClO3. The smallest absolute Gasteiger partial charge is 0.314 e. The summed E-state index contributed by atoms with van der Waals surface area (Å²) in [4.78, 5) is 11.3. The molecular weight excluding hydrogens is 264 g/mol. The van der Waals surface area contributed by atoms with Gasteiger partial charge in [0, 0.05) is 5.02 Å². The van der Waals surface area contributed by atoms with E-state index in [1.165, 1.54) is 0 Å². The van der Waals surface area contributed by atoms with Crippen LogP contribution in [-0.2, 0) is 4.79 Å². The highest BCUT2D eigenvalue weighted by Crippen LogP contribution is 2.21. The minimum atomic E-state index is -0.932. The van der Waals surface area contributed by atoms with Gasteiger partial charge in [0.2, 0.25) is 0 Å². The number of carbonyl (C=O) groups is 1. The van der Waals surface area contributed by atoms with Crippen LogP contribution in [0.1, 0.15) is 11.5 Å². The lowest BCUT2D eigenvalue weighted by Crippen LogP contribution is -2.19. The number of benzene rings is 2. The molecule has 0 aliphatic carbocycles. The largest absolute Gasteiger partial charge is 0.492 e. The average Bonchev–Trinajstić information content (AvgIpc) is 2.40. The third kappa shape index (κ3) is 3.73. The maximum atomic E-state index is 11.3. The Morgan fingerprint density at radius 1 is 1.16 bits per heavy atom. The fraction of sp³-hybridized carbons (Fsp3) is 0.133. The number of hydrogen-bond acceptors (Lipinski definition) is 2. The summed E-state index contributed by atoms with van der Waals surface area (Å²) >= 11 is 5.88. The molecule has 2 aromatic rings. The Morgan fingerprint density at radius 2 is 1.89 bits per heavy atom. The number of para-hydroxylation sites is 1. The normalized spacial score (nSPS) is 11.8. The van der Waals surface area contributed by atoms with E-state index in [9.17, 15) is 9.90 Å². The Balaban J connectivity index is 2.11. The summed E-state index contributed by atoms with van der Waals surface area (Å²) in [5, 5.41) is 9.79. The molecule has 0 bridgehead atoms. The molecule has 0 saturated carbocycles. The second-order valence-corrected chi connectivity index (χ2v) is 4.51. The molecule has 3 nitrogen and oxygen atoms in total. The van der Waals surface area contributed by atoms with E-state index in [2.05, 4.69) is 0 Å². The van der Waals surface area contributed by atoms with Gasteiger partial charge in [-0.15, -0.1) is 0 Å². The second-order valence-electron chi connectivity index (χ2n) is 4.07. The number of ether oxygens (including phenoxy) is 1. The zero-order chi connectivity index (χ0) is 13.7. The summed E-state index contributed by atoms with van der Waals surface area (Å²) in [5.74, 6) is -1.02. The topological polar surface area (TPSA) is 46.5 Å².